The molecule has 154 valence electrons. The smallest absolute Gasteiger partial charge is 0.336 e. The molecule has 1 atom stereocenters. The zero-order valence-electron chi connectivity index (χ0n) is 16.6. The van der Waals surface area contributed by atoms with E-state index in [0.717, 1.165) is 11.1 Å². The maximum Gasteiger partial charge on any atom is 0.336 e. The Morgan fingerprint density at radius 1 is 1.20 bits per heavy atom. The van der Waals surface area contributed by atoms with Crippen LogP contribution in [0.5, 0.6) is 0 Å². The number of ether oxygens (including phenoxy) is 1. The third kappa shape index (κ3) is 3.58. The fourth-order valence-electron chi connectivity index (χ4n) is 3.68. The second kappa shape index (κ2) is 7.74. The first-order valence-electron chi connectivity index (χ1n) is 9.59. The molecular formula is C23H20FNO5. The molecule has 6 nitrogen and oxygen atoms in total. The third-order valence-corrected chi connectivity index (χ3v) is 5.49. The van der Waals surface area contributed by atoms with Crippen molar-refractivity contribution in [2.45, 2.75) is 26.9 Å². The summed E-state index contributed by atoms with van der Waals surface area (Å²) in [5, 5.41) is 0.695. The highest BCUT2D eigenvalue weighted by molar-refractivity contribution is 5.99. The van der Waals surface area contributed by atoms with Crippen LogP contribution in [-0.2, 0) is 20.9 Å². The molecule has 2 heterocycles. The van der Waals surface area contributed by atoms with Crippen molar-refractivity contribution < 1.29 is 23.1 Å². The number of rotatable bonds is 4. The Kier molecular flexibility index (Phi) is 5.11. The summed E-state index contributed by atoms with van der Waals surface area (Å²) in [4.78, 5) is 38.1. The number of amides is 1. The van der Waals surface area contributed by atoms with E-state index in [1.807, 2.05) is 26.0 Å². The minimum Gasteiger partial charge on any atom is -0.461 e. The minimum absolute atomic E-state index is 0.0502. The van der Waals surface area contributed by atoms with Crippen molar-refractivity contribution in [2.24, 2.45) is 5.92 Å². The molecule has 1 amide bonds. The lowest BCUT2D eigenvalue weighted by Crippen LogP contribution is -2.27. The molecule has 0 unspecified atom stereocenters. The fraction of sp³-hybridized carbons (Fsp3) is 0.261. The molecule has 0 radical (unpaired) electrons. The molecule has 0 bridgehead atoms. The standard InChI is InChI=1S/C23H20FNO5/c1-13-7-8-17-16(10-21(27)30-22(17)14(13)2)12-29-23(28)15-9-20(26)25(11-15)19-6-4-3-5-18(19)24/h3-8,10,15H,9,11-12H2,1-2H3/t15-/m0/s1. The number of benzene rings is 2. The highest BCUT2D eigenvalue weighted by Gasteiger charge is 2.37. The Balaban J connectivity index is 1.51. The van der Waals surface area contributed by atoms with E-state index in [0.29, 0.717) is 16.5 Å². The normalized spacial score (nSPS) is 16.3. The minimum atomic E-state index is -0.701. The largest absolute Gasteiger partial charge is 0.461 e. The number of carbonyl (C=O) groups is 2. The van der Waals surface area contributed by atoms with Gasteiger partial charge in [-0.3, -0.25) is 9.59 Å². The Hall–Kier alpha value is -3.48. The van der Waals surface area contributed by atoms with Crippen LogP contribution < -0.4 is 10.5 Å². The van der Waals surface area contributed by atoms with Gasteiger partial charge >= 0.3 is 11.6 Å². The summed E-state index contributed by atoms with van der Waals surface area (Å²) in [6.45, 7) is 3.71. The summed E-state index contributed by atoms with van der Waals surface area (Å²) in [6.07, 6.45) is -0.0524. The van der Waals surface area contributed by atoms with Crippen LogP contribution in [0, 0.1) is 25.6 Å². The molecule has 30 heavy (non-hydrogen) atoms. The SMILES string of the molecule is Cc1ccc2c(COC(=O)[C@H]3CC(=O)N(c4ccccc4F)C3)cc(=O)oc2c1C. The van der Waals surface area contributed by atoms with Crippen molar-refractivity contribution in [3.05, 3.63) is 75.4 Å². The molecule has 1 fully saturated rings. The van der Waals surface area contributed by atoms with Crippen molar-refractivity contribution in [1.82, 2.24) is 0 Å². The number of para-hydroxylation sites is 1. The monoisotopic (exact) mass is 409 g/mol. The van der Waals surface area contributed by atoms with Gasteiger partial charge in [-0.05, 0) is 37.1 Å². The maximum absolute atomic E-state index is 14.0. The van der Waals surface area contributed by atoms with Crippen molar-refractivity contribution in [3.8, 4) is 0 Å². The van der Waals surface area contributed by atoms with Gasteiger partial charge in [0, 0.05) is 30.0 Å². The molecule has 0 saturated carbocycles. The zero-order chi connectivity index (χ0) is 21.4. The van der Waals surface area contributed by atoms with Gasteiger partial charge in [0.15, 0.2) is 0 Å². The van der Waals surface area contributed by atoms with Crippen molar-refractivity contribution in [1.29, 1.82) is 0 Å². The van der Waals surface area contributed by atoms with Gasteiger partial charge in [-0.25, -0.2) is 9.18 Å². The lowest BCUT2D eigenvalue weighted by molar-refractivity contribution is -0.149. The lowest BCUT2D eigenvalue weighted by Gasteiger charge is -2.17. The van der Waals surface area contributed by atoms with Gasteiger partial charge in [0.1, 0.15) is 18.0 Å². The number of nitrogens with zero attached hydrogens (tertiary/aromatic N) is 1. The number of esters is 1. The van der Waals surface area contributed by atoms with E-state index in [-0.39, 0.29) is 31.2 Å². The number of hydrogen-bond donors (Lipinski definition) is 0. The van der Waals surface area contributed by atoms with E-state index in [1.54, 1.807) is 6.07 Å². The Bertz CT molecular complexity index is 1220. The van der Waals surface area contributed by atoms with Crippen LogP contribution in [0.25, 0.3) is 11.0 Å². The first kappa shape index (κ1) is 19.8. The highest BCUT2D eigenvalue weighted by Crippen LogP contribution is 2.29. The highest BCUT2D eigenvalue weighted by atomic mass is 19.1. The van der Waals surface area contributed by atoms with Crippen molar-refractivity contribution in [3.63, 3.8) is 0 Å². The van der Waals surface area contributed by atoms with E-state index in [2.05, 4.69) is 0 Å². The topological polar surface area (TPSA) is 76.8 Å². The van der Waals surface area contributed by atoms with Crippen LogP contribution in [0.15, 0.2) is 51.7 Å². The molecule has 1 aromatic heterocycles. The number of carbonyl (C=O) groups excluding carboxylic acids is 2. The lowest BCUT2D eigenvalue weighted by atomic mass is 10.0. The fourth-order valence-corrected chi connectivity index (χ4v) is 3.68. The van der Waals surface area contributed by atoms with E-state index in [4.69, 9.17) is 9.15 Å². The molecule has 0 N–H and O–H groups in total. The average Bonchev–Trinajstić information content (AvgIpc) is 3.11. The number of fused-ring (bicyclic) bond motifs is 1. The number of aryl methyl sites for hydroxylation is 2. The van der Waals surface area contributed by atoms with E-state index < -0.39 is 23.3 Å². The molecule has 7 heteroatoms. The molecule has 2 aromatic carbocycles. The maximum atomic E-state index is 14.0. The van der Waals surface area contributed by atoms with Crippen molar-refractivity contribution in [2.75, 3.05) is 11.4 Å². The van der Waals surface area contributed by atoms with Crippen molar-refractivity contribution >= 4 is 28.5 Å². The van der Waals surface area contributed by atoms with Gasteiger partial charge in [-0.2, -0.15) is 0 Å². The van der Waals surface area contributed by atoms with E-state index in [1.165, 1.54) is 29.2 Å². The quantitative estimate of drug-likeness (QED) is 0.486. The Morgan fingerprint density at radius 2 is 1.97 bits per heavy atom. The van der Waals surface area contributed by atoms with Crippen LogP contribution in [0.2, 0.25) is 0 Å². The first-order chi connectivity index (χ1) is 14.3. The molecule has 1 saturated heterocycles. The van der Waals surface area contributed by atoms with Crippen LogP contribution in [0.4, 0.5) is 10.1 Å². The molecule has 1 aliphatic heterocycles. The summed E-state index contributed by atoms with van der Waals surface area (Å²) in [7, 11) is 0. The summed E-state index contributed by atoms with van der Waals surface area (Å²) in [5.41, 5.74) is 2.46. The van der Waals surface area contributed by atoms with Crippen LogP contribution in [0.3, 0.4) is 0 Å². The van der Waals surface area contributed by atoms with Crippen LogP contribution >= 0.6 is 0 Å². The summed E-state index contributed by atoms with van der Waals surface area (Å²) >= 11 is 0. The molecular weight excluding hydrogens is 389 g/mol. The van der Waals surface area contributed by atoms with Gasteiger partial charge in [0.25, 0.3) is 0 Å². The second-order valence-corrected chi connectivity index (χ2v) is 7.44. The molecule has 4 rings (SSSR count). The Morgan fingerprint density at radius 3 is 2.73 bits per heavy atom. The predicted molar refractivity (Wildman–Crippen MR) is 109 cm³/mol. The zero-order valence-corrected chi connectivity index (χ0v) is 16.6. The summed E-state index contributed by atoms with van der Waals surface area (Å²) in [6, 6.07) is 11.0. The third-order valence-electron chi connectivity index (χ3n) is 5.49. The number of halogens is 1. The van der Waals surface area contributed by atoms with Gasteiger partial charge in [0.05, 0.1) is 11.6 Å². The number of anilines is 1. The van der Waals surface area contributed by atoms with E-state index >= 15 is 0 Å². The van der Waals surface area contributed by atoms with Gasteiger partial charge in [0.2, 0.25) is 5.91 Å². The average molecular weight is 409 g/mol. The van der Waals surface area contributed by atoms with Crippen LogP contribution in [-0.4, -0.2) is 18.4 Å². The summed E-state index contributed by atoms with van der Waals surface area (Å²) < 4.78 is 24.8. The molecule has 1 aliphatic rings. The van der Waals surface area contributed by atoms with Crippen LogP contribution in [0.1, 0.15) is 23.1 Å². The first-order valence-corrected chi connectivity index (χ1v) is 9.59. The van der Waals surface area contributed by atoms with Gasteiger partial charge in [-0.1, -0.05) is 24.3 Å². The molecule has 0 aliphatic carbocycles. The summed E-state index contributed by atoms with van der Waals surface area (Å²) in [5.74, 6) is -2.12. The Labute approximate surface area is 171 Å². The number of hydrogen-bond acceptors (Lipinski definition) is 5. The van der Waals surface area contributed by atoms with Gasteiger partial charge < -0.3 is 14.1 Å². The molecule has 3 aromatic rings. The van der Waals surface area contributed by atoms with Gasteiger partial charge in [-0.15, -0.1) is 0 Å². The predicted octanol–water partition coefficient (Wildman–Crippen LogP) is 3.65. The molecule has 0 spiro atoms. The van der Waals surface area contributed by atoms with E-state index in [9.17, 15) is 18.8 Å². The second-order valence-electron chi connectivity index (χ2n) is 7.44.